The molecule has 7 rings (SSSR count). The lowest BCUT2D eigenvalue weighted by Gasteiger charge is -2.64. The van der Waals surface area contributed by atoms with Gasteiger partial charge in [0, 0.05) is 50.0 Å². The summed E-state index contributed by atoms with van der Waals surface area (Å²) in [7, 11) is 0. The summed E-state index contributed by atoms with van der Waals surface area (Å²) >= 11 is 4.36. The molecule has 1 saturated carbocycles. The Balaban J connectivity index is 1.33. The van der Waals surface area contributed by atoms with Gasteiger partial charge < -0.3 is 11.1 Å². The lowest BCUT2D eigenvalue weighted by Crippen LogP contribution is -2.60. The fourth-order valence-corrected chi connectivity index (χ4v) is 12.0. The van der Waals surface area contributed by atoms with Crippen molar-refractivity contribution in [3.8, 4) is 0 Å². The maximum Gasteiger partial charge on any atom is 0.102 e. The molecule has 7 aliphatic rings. The SMILES string of the molecule is C/C=C\N=C(N)C1CCC2C(C1)SC1=CCCC=C1C21C2C=CC=CC2SC2C=C(C3=CCCC[N-]3)C=CC21. The van der Waals surface area contributed by atoms with E-state index in [-0.39, 0.29) is 5.41 Å². The summed E-state index contributed by atoms with van der Waals surface area (Å²) in [6.45, 7) is 2.97. The van der Waals surface area contributed by atoms with Crippen LogP contribution in [0.2, 0.25) is 0 Å². The van der Waals surface area contributed by atoms with Crippen molar-refractivity contribution in [2.24, 2.45) is 39.8 Å². The molecule has 0 radical (unpaired) electrons. The summed E-state index contributed by atoms with van der Waals surface area (Å²) in [5.74, 6) is 2.83. The minimum absolute atomic E-state index is 0.112. The third kappa shape index (κ3) is 4.30. The molecule has 2 saturated heterocycles. The second-order valence-electron chi connectivity index (χ2n) is 12.0. The Kier molecular flexibility index (Phi) is 7.09. The first-order valence-corrected chi connectivity index (χ1v) is 16.8. The van der Waals surface area contributed by atoms with E-state index in [9.17, 15) is 0 Å². The van der Waals surface area contributed by atoms with Crippen LogP contribution in [0.4, 0.5) is 0 Å². The number of hydrogen-bond donors (Lipinski definition) is 1. The molecule has 4 aliphatic carbocycles. The molecule has 0 aromatic heterocycles. The Bertz CT molecular complexity index is 1280. The van der Waals surface area contributed by atoms with Gasteiger partial charge in [-0.25, -0.2) is 4.99 Å². The first-order chi connectivity index (χ1) is 19.2. The molecule has 3 nitrogen and oxygen atoms in total. The lowest BCUT2D eigenvalue weighted by atomic mass is 9.49. The zero-order chi connectivity index (χ0) is 26.4. The highest BCUT2D eigenvalue weighted by Crippen LogP contribution is 2.70. The van der Waals surface area contributed by atoms with Crippen LogP contribution in [-0.4, -0.2) is 28.1 Å². The summed E-state index contributed by atoms with van der Waals surface area (Å²) in [6, 6.07) is 0. The standard InChI is InChI=1S/C34H40N3S2/c1-2-18-37-33(35)23-15-17-27-32(21-23)39-30-13-6-4-10-25(30)34(27)24-9-3-5-12-29(24)38-31-20-22(14-16-26(31)34)28-11-7-8-19-36-28/h2-3,5,9-14,16,18,20,23-24,26-27,29,31-32H,4,6-8,15,17,19,21H2,1H3,(H2,35,37)/q-1/b18-2-. The summed E-state index contributed by atoms with van der Waals surface area (Å²) in [5, 5.41) is 6.45. The molecule has 0 aromatic carbocycles. The van der Waals surface area contributed by atoms with Gasteiger partial charge in [0.05, 0.1) is 0 Å². The van der Waals surface area contributed by atoms with Crippen LogP contribution in [0.25, 0.3) is 5.32 Å². The Morgan fingerprint density at radius 1 is 1.05 bits per heavy atom. The van der Waals surface area contributed by atoms with Gasteiger partial charge in [0.2, 0.25) is 0 Å². The number of nitrogens with zero attached hydrogens (tertiary/aromatic N) is 2. The zero-order valence-corrected chi connectivity index (χ0v) is 24.5. The Morgan fingerprint density at radius 3 is 2.79 bits per heavy atom. The molecule has 0 amide bonds. The summed E-state index contributed by atoms with van der Waals surface area (Å²) in [4.78, 5) is 6.16. The van der Waals surface area contributed by atoms with Crippen molar-refractivity contribution in [2.75, 3.05) is 6.54 Å². The largest absolute Gasteiger partial charge is 0.684 e. The van der Waals surface area contributed by atoms with Crippen LogP contribution in [0.5, 0.6) is 0 Å². The smallest absolute Gasteiger partial charge is 0.102 e. The maximum absolute atomic E-state index is 6.56. The van der Waals surface area contributed by atoms with E-state index >= 15 is 0 Å². The van der Waals surface area contributed by atoms with Gasteiger partial charge in [-0.3, -0.25) is 0 Å². The van der Waals surface area contributed by atoms with Gasteiger partial charge in [-0.1, -0.05) is 73.3 Å². The zero-order valence-electron chi connectivity index (χ0n) is 22.9. The van der Waals surface area contributed by atoms with E-state index in [1.54, 1.807) is 10.5 Å². The number of rotatable bonds is 3. The highest BCUT2D eigenvalue weighted by Gasteiger charge is 2.63. The second-order valence-corrected chi connectivity index (χ2v) is 14.6. The van der Waals surface area contributed by atoms with Crippen LogP contribution in [-0.2, 0) is 0 Å². The van der Waals surface area contributed by atoms with Crippen LogP contribution in [0.3, 0.4) is 0 Å². The molecule has 3 heterocycles. The number of allylic oxidation sites excluding steroid dienone is 10. The van der Waals surface area contributed by atoms with Crippen molar-refractivity contribution in [1.29, 1.82) is 0 Å². The van der Waals surface area contributed by atoms with Gasteiger partial charge in [-0.05, 0) is 62.5 Å². The second kappa shape index (κ2) is 10.7. The molecule has 8 atom stereocenters. The molecule has 204 valence electrons. The van der Waals surface area contributed by atoms with Gasteiger partial charge in [-0.15, -0.1) is 35.8 Å². The van der Waals surface area contributed by atoms with Crippen molar-refractivity contribution in [3.05, 3.63) is 100 Å². The van der Waals surface area contributed by atoms with E-state index in [1.807, 2.05) is 19.2 Å². The van der Waals surface area contributed by atoms with Crippen LogP contribution in [0, 0.1) is 29.1 Å². The molecule has 5 heteroatoms. The van der Waals surface area contributed by atoms with Crippen molar-refractivity contribution >= 4 is 29.4 Å². The summed E-state index contributed by atoms with van der Waals surface area (Å²) in [5.41, 5.74) is 10.9. The van der Waals surface area contributed by atoms with Gasteiger partial charge in [0.15, 0.2) is 0 Å². The number of hydrogen-bond acceptors (Lipinski definition) is 3. The van der Waals surface area contributed by atoms with Gasteiger partial charge in [-0.2, -0.15) is 0 Å². The third-order valence-electron chi connectivity index (χ3n) is 10.0. The number of amidine groups is 1. The molecule has 8 unspecified atom stereocenters. The number of aliphatic imine (C=N–C) groups is 1. The monoisotopic (exact) mass is 554 g/mol. The number of thioether (sulfide) groups is 2. The van der Waals surface area contributed by atoms with Crippen molar-refractivity contribution in [2.45, 2.75) is 67.6 Å². The highest BCUT2D eigenvalue weighted by molar-refractivity contribution is 8.04. The number of nitrogens with two attached hydrogens (primary N) is 1. The molecule has 2 N–H and O–H groups in total. The van der Waals surface area contributed by atoms with Gasteiger partial charge in [0.25, 0.3) is 0 Å². The fourth-order valence-electron chi connectivity index (χ4n) is 8.44. The minimum Gasteiger partial charge on any atom is -0.684 e. The Hall–Kier alpha value is -2.11. The maximum atomic E-state index is 6.56. The van der Waals surface area contributed by atoms with E-state index in [4.69, 9.17) is 11.1 Å². The van der Waals surface area contributed by atoms with Crippen LogP contribution in [0.15, 0.2) is 99.8 Å². The topological polar surface area (TPSA) is 52.5 Å². The van der Waals surface area contributed by atoms with Crippen LogP contribution >= 0.6 is 23.5 Å². The fraction of sp³-hybridized carbons (Fsp3) is 0.500. The minimum atomic E-state index is 0.112. The lowest BCUT2D eigenvalue weighted by molar-refractivity contribution is 0.0559. The van der Waals surface area contributed by atoms with Crippen molar-refractivity contribution in [1.82, 2.24) is 0 Å². The van der Waals surface area contributed by atoms with Crippen molar-refractivity contribution < 1.29 is 0 Å². The first-order valence-electron chi connectivity index (χ1n) is 15.0. The van der Waals surface area contributed by atoms with Crippen molar-refractivity contribution in [3.63, 3.8) is 0 Å². The Labute approximate surface area is 242 Å². The highest BCUT2D eigenvalue weighted by atomic mass is 32.2. The van der Waals surface area contributed by atoms with E-state index < -0.39 is 0 Å². The molecule has 3 aliphatic heterocycles. The molecule has 0 aromatic rings. The first kappa shape index (κ1) is 25.8. The molecule has 3 fully saturated rings. The third-order valence-corrected chi connectivity index (χ3v) is 13.0. The summed E-state index contributed by atoms with van der Waals surface area (Å²) in [6.07, 6.45) is 36.9. The number of fused-ring (bicyclic) bond motifs is 8. The van der Waals surface area contributed by atoms with Crippen LogP contribution < -0.4 is 5.73 Å². The van der Waals surface area contributed by atoms with E-state index in [0.29, 0.717) is 39.4 Å². The van der Waals surface area contributed by atoms with Gasteiger partial charge in [0.1, 0.15) is 5.84 Å². The average Bonchev–Trinajstić information content (AvgIpc) is 2.99. The molecule has 1 spiro atoms. The normalized spacial score (nSPS) is 40.9. The Morgan fingerprint density at radius 2 is 1.92 bits per heavy atom. The predicted molar refractivity (Wildman–Crippen MR) is 170 cm³/mol. The molecule has 0 bridgehead atoms. The van der Waals surface area contributed by atoms with Gasteiger partial charge >= 0.3 is 0 Å². The van der Waals surface area contributed by atoms with E-state index in [1.165, 1.54) is 30.5 Å². The quantitative estimate of drug-likeness (QED) is 0.281. The molecular formula is C34H40N3S2-. The molecular weight excluding hydrogens is 515 g/mol. The van der Waals surface area contributed by atoms with Crippen LogP contribution in [0.1, 0.15) is 51.9 Å². The predicted octanol–water partition coefficient (Wildman–Crippen LogP) is 8.39. The summed E-state index contributed by atoms with van der Waals surface area (Å²) < 4.78 is 0. The average molecular weight is 555 g/mol. The van der Waals surface area contributed by atoms with E-state index in [0.717, 1.165) is 38.1 Å². The molecule has 39 heavy (non-hydrogen) atoms. The van der Waals surface area contributed by atoms with E-state index in [2.05, 4.69) is 89.3 Å².